The first-order valence-electron chi connectivity index (χ1n) is 5.65. The van der Waals surface area contributed by atoms with Crippen LogP contribution in [-0.2, 0) is 0 Å². The molecule has 0 bridgehead atoms. The van der Waals surface area contributed by atoms with Crippen LogP contribution in [0, 0.1) is 11.3 Å². The van der Waals surface area contributed by atoms with Gasteiger partial charge in [0.15, 0.2) is 0 Å². The second-order valence-corrected chi connectivity index (χ2v) is 5.77. The Hall–Kier alpha value is -0.0800. The van der Waals surface area contributed by atoms with Crippen molar-refractivity contribution in [3.05, 3.63) is 0 Å². The van der Waals surface area contributed by atoms with E-state index in [1.807, 2.05) is 0 Å². The Labute approximate surface area is 88.9 Å². The van der Waals surface area contributed by atoms with Crippen LogP contribution < -0.4 is 5.73 Å². The van der Waals surface area contributed by atoms with E-state index in [0.29, 0.717) is 12.5 Å². The summed E-state index contributed by atoms with van der Waals surface area (Å²) in [6.07, 6.45) is 3.03. The Bertz CT molecular complexity index is 160. The molecule has 2 heteroatoms. The number of aliphatic hydroxyl groups is 1. The first kappa shape index (κ1) is 13.9. The molecule has 0 aromatic rings. The van der Waals surface area contributed by atoms with E-state index in [2.05, 4.69) is 34.6 Å². The van der Waals surface area contributed by atoms with Crippen LogP contribution in [-0.4, -0.2) is 17.3 Å². The van der Waals surface area contributed by atoms with E-state index in [1.165, 1.54) is 6.42 Å². The predicted molar refractivity (Wildman–Crippen MR) is 62.1 cm³/mol. The Morgan fingerprint density at radius 3 is 2.00 bits per heavy atom. The Morgan fingerprint density at radius 2 is 1.71 bits per heavy atom. The summed E-state index contributed by atoms with van der Waals surface area (Å²) < 4.78 is 0. The van der Waals surface area contributed by atoms with Gasteiger partial charge in [0.05, 0.1) is 5.60 Å². The lowest BCUT2D eigenvalue weighted by molar-refractivity contribution is -0.0583. The molecule has 0 radical (unpaired) electrons. The summed E-state index contributed by atoms with van der Waals surface area (Å²) in [5.74, 6) is 0.706. The van der Waals surface area contributed by atoms with Crippen LogP contribution in [0.5, 0.6) is 0 Å². The normalized spacial score (nSPS) is 17.1. The number of rotatable bonds is 5. The highest BCUT2D eigenvalue weighted by Crippen LogP contribution is 2.34. The van der Waals surface area contributed by atoms with Gasteiger partial charge in [-0.05, 0) is 17.8 Å². The first-order valence-corrected chi connectivity index (χ1v) is 5.65. The van der Waals surface area contributed by atoms with Crippen molar-refractivity contribution in [3.8, 4) is 0 Å². The minimum atomic E-state index is -0.706. The molecule has 0 rings (SSSR count). The summed E-state index contributed by atoms with van der Waals surface area (Å²) in [7, 11) is 0. The molecule has 0 aromatic carbocycles. The van der Waals surface area contributed by atoms with Gasteiger partial charge in [-0.3, -0.25) is 0 Å². The lowest BCUT2D eigenvalue weighted by atomic mass is 9.73. The van der Waals surface area contributed by atoms with Crippen LogP contribution in [0.4, 0.5) is 0 Å². The van der Waals surface area contributed by atoms with Gasteiger partial charge in [-0.1, -0.05) is 47.5 Å². The van der Waals surface area contributed by atoms with Gasteiger partial charge >= 0.3 is 0 Å². The molecular weight excluding hydrogens is 174 g/mol. The van der Waals surface area contributed by atoms with Crippen molar-refractivity contribution in [1.29, 1.82) is 0 Å². The fraction of sp³-hybridized carbons (Fsp3) is 1.00. The minimum Gasteiger partial charge on any atom is -0.388 e. The van der Waals surface area contributed by atoms with Crippen LogP contribution in [0.2, 0.25) is 0 Å². The number of nitrogens with two attached hydrogens (primary N) is 1. The molecule has 0 aliphatic heterocycles. The highest BCUT2D eigenvalue weighted by Gasteiger charge is 2.37. The zero-order valence-electron chi connectivity index (χ0n) is 10.4. The van der Waals surface area contributed by atoms with E-state index < -0.39 is 5.60 Å². The molecule has 0 aromatic heterocycles. The molecule has 2 nitrogen and oxygen atoms in total. The average Bonchev–Trinajstić information content (AvgIpc) is 2.01. The predicted octanol–water partition coefficient (Wildman–Crippen LogP) is 2.55. The molecule has 3 N–H and O–H groups in total. The molecule has 0 aliphatic rings. The molecule has 0 fully saturated rings. The van der Waals surface area contributed by atoms with Crippen molar-refractivity contribution in [1.82, 2.24) is 0 Å². The molecule has 0 saturated carbocycles. The monoisotopic (exact) mass is 201 g/mol. The molecule has 0 saturated heterocycles. The van der Waals surface area contributed by atoms with E-state index in [1.54, 1.807) is 0 Å². The molecular formula is C12H27NO. The molecule has 0 heterocycles. The van der Waals surface area contributed by atoms with Crippen LogP contribution in [0.1, 0.15) is 53.9 Å². The van der Waals surface area contributed by atoms with Gasteiger partial charge in [-0.25, -0.2) is 0 Å². The summed E-state index contributed by atoms with van der Waals surface area (Å²) >= 11 is 0. The average molecular weight is 201 g/mol. The lowest BCUT2D eigenvalue weighted by Crippen LogP contribution is -2.49. The summed E-state index contributed by atoms with van der Waals surface area (Å²) in [5.41, 5.74) is 4.83. The third kappa shape index (κ3) is 3.97. The van der Waals surface area contributed by atoms with Gasteiger partial charge in [0.1, 0.15) is 0 Å². The molecule has 14 heavy (non-hydrogen) atoms. The van der Waals surface area contributed by atoms with E-state index in [4.69, 9.17) is 5.73 Å². The lowest BCUT2D eigenvalue weighted by Gasteiger charge is -2.39. The van der Waals surface area contributed by atoms with E-state index in [9.17, 15) is 5.11 Å². The van der Waals surface area contributed by atoms with Crippen molar-refractivity contribution < 1.29 is 5.11 Å². The number of hydrogen-bond acceptors (Lipinski definition) is 2. The van der Waals surface area contributed by atoms with E-state index in [-0.39, 0.29) is 5.41 Å². The number of hydrogen-bond donors (Lipinski definition) is 2. The third-order valence-corrected chi connectivity index (χ3v) is 3.11. The van der Waals surface area contributed by atoms with Crippen LogP contribution >= 0.6 is 0 Å². The summed E-state index contributed by atoms with van der Waals surface area (Å²) in [5, 5.41) is 10.3. The van der Waals surface area contributed by atoms with Crippen molar-refractivity contribution in [3.63, 3.8) is 0 Å². The van der Waals surface area contributed by atoms with Crippen LogP contribution in [0.3, 0.4) is 0 Å². The van der Waals surface area contributed by atoms with Crippen molar-refractivity contribution >= 4 is 0 Å². The van der Waals surface area contributed by atoms with Crippen molar-refractivity contribution in [2.75, 3.05) is 6.54 Å². The second-order valence-electron chi connectivity index (χ2n) is 5.77. The van der Waals surface area contributed by atoms with E-state index >= 15 is 0 Å². The molecule has 0 amide bonds. The first-order chi connectivity index (χ1) is 6.23. The Balaban J connectivity index is 4.14. The standard InChI is InChI=1S/C12H27NO/c1-10(2)7-6-8-12(14,9-13)11(3,4)5/h10,14H,6-9,13H2,1-5H3. The van der Waals surface area contributed by atoms with Crippen molar-refractivity contribution in [2.24, 2.45) is 17.1 Å². The van der Waals surface area contributed by atoms with Gasteiger partial charge < -0.3 is 10.8 Å². The van der Waals surface area contributed by atoms with Gasteiger partial charge in [0.25, 0.3) is 0 Å². The maximum Gasteiger partial charge on any atom is 0.0817 e. The summed E-state index contributed by atoms with van der Waals surface area (Å²) in [4.78, 5) is 0. The fourth-order valence-electron chi connectivity index (χ4n) is 1.59. The smallest absolute Gasteiger partial charge is 0.0817 e. The highest BCUT2D eigenvalue weighted by atomic mass is 16.3. The van der Waals surface area contributed by atoms with Gasteiger partial charge in [-0.2, -0.15) is 0 Å². The zero-order chi connectivity index (χ0) is 11.4. The highest BCUT2D eigenvalue weighted by molar-refractivity contribution is 4.91. The second kappa shape index (κ2) is 5.13. The van der Waals surface area contributed by atoms with Crippen LogP contribution in [0.25, 0.3) is 0 Å². The zero-order valence-corrected chi connectivity index (χ0v) is 10.4. The fourth-order valence-corrected chi connectivity index (χ4v) is 1.59. The Morgan fingerprint density at radius 1 is 1.21 bits per heavy atom. The molecule has 1 atom stereocenters. The SMILES string of the molecule is CC(C)CCCC(O)(CN)C(C)(C)C. The topological polar surface area (TPSA) is 46.2 Å². The largest absolute Gasteiger partial charge is 0.388 e. The molecule has 0 spiro atoms. The maximum atomic E-state index is 10.3. The van der Waals surface area contributed by atoms with E-state index in [0.717, 1.165) is 12.8 Å². The van der Waals surface area contributed by atoms with Gasteiger partial charge in [0, 0.05) is 6.54 Å². The summed E-state index contributed by atoms with van der Waals surface area (Å²) in [6.45, 7) is 10.9. The maximum absolute atomic E-state index is 10.3. The van der Waals surface area contributed by atoms with Gasteiger partial charge in [0.2, 0.25) is 0 Å². The minimum absolute atomic E-state index is 0.126. The molecule has 1 unspecified atom stereocenters. The summed E-state index contributed by atoms with van der Waals surface area (Å²) in [6, 6.07) is 0. The molecule has 0 aliphatic carbocycles. The quantitative estimate of drug-likeness (QED) is 0.718. The molecule has 86 valence electrons. The third-order valence-electron chi connectivity index (χ3n) is 3.11. The van der Waals surface area contributed by atoms with Crippen LogP contribution in [0.15, 0.2) is 0 Å². The van der Waals surface area contributed by atoms with Gasteiger partial charge in [-0.15, -0.1) is 0 Å². The Kier molecular flexibility index (Phi) is 5.10. The van der Waals surface area contributed by atoms with Crippen molar-refractivity contribution in [2.45, 2.75) is 59.5 Å².